The van der Waals surface area contributed by atoms with Crippen molar-refractivity contribution in [1.82, 2.24) is 0 Å². The number of nitrogens with zero attached hydrogens (tertiary/aromatic N) is 4. The van der Waals surface area contributed by atoms with Gasteiger partial charge in [-0.2, -0.15) is 5.26 Å². The standard InChI is InChI=1S/C5H6N4/c6-3-4-1-5(2-4)8-9-7/h4-5H,1-2H2. The molecule has 0 unspecified atom stereocenters. The molecule has 0 aromatic carbocycles. The van der Waals surface area contributed by atoms with Crippen LogP contribution >= 0.6 is 0 Å². The van der Waals surface area contributed by atoms with Crippen molar-refractivity contribution in [3.05, 3.63) is 10.4 Å². The summed E-state index contributed by atoms with van der Waals surface area (Å²) in [5.41, 5.74) is 7.94. The first-order valence-corrected chi connectivity index (χ1v) is 2.80. The molecular weight excluding hydrogens is 116 g/mol. The first kappa shape index (κ1) is 5.93. The Morgan fingerprint density at radius 2 is 2.33 bits per heavy atom. The second kappa shape index (κ2) is 2.38. The van der Waals surface area contributed by atoms with Gasteiger partial charge in [-0.1, -0.05) is 5.11 Å². The first-order chi connectivity index (χ1) is 4.36. The Bertz CT molecular complexity index is 180. The van der Waals surface area contributed by atoms with E-state index in [1.54, 1.807) is 0 Å². The van der Waals surface area contributed by atoms with Gasteiger partial charge in [0.05, 0.1) is 6.07 Å². The fourth-order valence-corrected chi connectivity index (χ4v) is 0.861. The minimum atomic E-state index is 0.0969. The lowest BCUT2D eigenvalue weighted by molar-refractivity contribution is 0.331. The zero-order valence-electron chi connectivity index (χ0n) is 4.86. The number of nitriles is 1. The molecule has 0 bridgehead atoms. The summed E-state index contributed by atoms with van der Waals surface area (Å²) < 4.78 is 0. The molecular formula is C5H6N4. The molecule has 0 saturated heterocycles. The number of hydrogen-bond donors (Lipinski definition) is 0. The summed E-state index contributed by atoms with van der Waals surface area (Å²) in [6.45, 7) is 0. The van der Waals surface area contributed by atoms with Gasteiger partial charge in [-0.15, -0.1) is 0 Å². The van der Waals surface area contributed by atoms with Gasteiger partial charge in [0.15, 0.2) is 0 Å². The van der Waals surface area contributed by atoms with Gasteiger partial charge in [0, 0.05) is 16.9 Å². The molecule has 0 heterocycles. The molecule has 1 fully saturated rings. The van der Waals surface area contributed by atoms with E-state index in [1.165, 1.54) is 0 Å². The predicted molar refractivity (Wildman–Crippen MR) is 31.3 cm³/mol. The normalized spacial score (nSPS) is 31.4. The van der Waals surface area contributed by atoms with Gasteiger partial charge in [0.25, 0.3) is 0 Å². The molecule has 1 aliphatic rings. The zero-order valence-corrected chi connectivity index (χ0v) is 4.86. The largest absolute Gasteiger partial charge is 0.198 e. The second-order valence-corrected chi connectivity index (χ2v) is 2.16. The van der Waals surface area contributed by atoms with Crippen molar-refractivity contribution < 1.29 is 0 Å². The Balaban J connectivity index is 2.29. The van der Waals surface area contributed by atoms with E-state index in [2.05, 4.69) is 16.1 Å². The van der Waals surface area contributed by atoms with E-state index in [0.717, 1.165) is 12.8 Å². The third-order valence-corrected chi connectivity index (χ3v) is 1.51. The van der Waals surface area contributed by atoms with Crippen molar-refractivity contribution in [3.8, 4) is 6.07 Å². The van der Waals surface area contributed by atoms with Crippen LogP contribution in [0.4, 0.5) is 0 Å². The number of rotatable bonds is 1. The Kier molecular flexibility index (Phi) is 1.57. The molecule has 9 heavy (non-hydrogen) atoms. The van der Waals surface area contributed by atoms with Gasteiger partial charge in [0.1, 0.15) is 0 Å². The molecule has 0 spiro atoms. The summed E-state index contributed by atoms with van der Waals surface area (Å²) in [5, 5.41) is 11.7. The first-order valence-electron chi connectivity index (χ1n) is 2.80. The minimum Gasteiger partial charge on any atom is -0.198 e. The van der Waals surface area contributed by atoms with Crippen LogP contribution in [-0.4, -0.2) is 6.04 Å². The van der Waals surface area contributed by atoms with E-state index >= 15 is 0 Å². The maximum absolute atomic E-state index is 8.29. The van der Waals surface area contributed by atoms with Gasteiger partial charge >= 0.3 is 0 Å². The highest BCUT2D eigenvalue weighted by Crippen LogP contribution is 2.28. The highest BCUT2D eigenvalue weighted by Gasteiger charge is 2.27. The van der Waals surface area contributed by atoms with Gasteiger partial charge in [0.2, 0.25) is 0 Å². The van der Waals surface area contributed by atoms with Crippen LogP contribution in [0, 0.1) is 17.2 Å². The van der Waals surface area contributed by atoms with Crippen molar-refractivity contribution in [2.45, 2.75) is 18.9 Å². The molecule has 1 rings (SSSR count). The molecule has 0 amide bonds. The second-order valence-electron chi connectivity index (χ2n) is 2.16. The van der Waals surface area contributed by atoms with Gasteiger partial charge < -0.3 is 0 Å². The molecule has 0 aromatic heterocycles. The Labute approximate surface area is 52.7 Å². The topological polar surface area (TPSA) is 72.5 Å². The van der Waals surface area contributed by atoms with E-state index in [9.17, 15) is 0 Å². The van der Waals surface area contributed by atoms with Crippen molar-refractivity contribution >= 4 is 0 Å². The molecule has 4 nitrogen and oxygen atoms in total. The number of hydrogen-bond acceptors (Lipinski definition) is 2. The molecule has 0 aromatic rings. The molecule has 4 heteroatoms. The fraction of sp³-hybridized carbons (Fsp3) is 0.800. The van der Waals surface area contributed by atoms with Crippen molar-refractivity contribution in [2.24, 2.45) is 11.0 Å². The Morgan fingerprint density at radius 3 is 2.78 bits per heavy atom. The molecule has 0 atom stereocenters. The molecule has 46 valence electrons. The maximum atomic E-state index is 8.29. The van der Waals surface area contributed by atoms with E-state index in [-0.39, 0.29) is 12.0 Å². The smallest absolute Gasteiger partial charge is 0.0655 e. The molecule has 0 N–H and O–H groups in total. The van der Waals surface area contributed by atoms with E-state index < -0.39 is 0 Å². The van der Waals surface area contributed by atoms with Crippen LogP contribution in [0.5, 0.6) is 0 Å². The van der Waals surface area contributed by atoms with Crippen LogP contribution in [0.25, 0.3) is 10.4 Å². The number of azide groups is 1. The molecule has 1 aliphatic carbocycles. The Morgan fingerprint density at radius 1 is 1.67 bits per heavy atom. The minimum absolute atomic E-state index is 0.0969. The van der Waals surface area contributed by atoms with E-state index in [0.29, 0.717) is 0 Å². The highest BCUT2D eigenvalue weighted by molar-refractivity contribution is 4.97. The van der Waals surface area contributed by atoms with Crippen molar-refractivity contribution in [3.63, 3.8) is 0 Å². The summed E-state index contributed by atoms with van der Waals surface area (Å²) in [6, 6.07) is 2.20. The summed E-state index contributed by atoms with van der Waals surface area (Å²) in [4.78, 5) is 2.64. The third kappa shape index (κ3) is 1.13. The zero-order chi connectivity index (χ0) is 6.69. The lowest BCUT2D eigenvalue weighted by atomic mass is 9.82. The van der Waals surface area contributed by atoms with Crippen LogP contribution in [0.2, 0.25) is 0 Å². The SMILES string of the molecule is N#CC1CC(N=[N+]=[N-])C1. The van der Waals surface area contributed by atoms with Gasteiger partial charge in [-0.3, -0.25) is 0 Å². The lowest BCUT2D eigenvalue weighted by Gasteiger charge is -2.25. The average Bonchev–Trinajstić information content (AvgIpc) is 1.77. The Hall–Kier alpha value is -1.20. The van der Waals surface area contributed by atoms with E-state index in [1.807, 2.05) is 0 Å². The highest BCUT2D eigenvalue weighted by atomic mass is 15.2. The summed E-state index contributed by atoms with van der Waals surface area (Å²) in [5.74, 6) is 0.139. The van der Waals surface area contributed by atoms with Crippen LogP contribution in [-0.2, 0) is 0 Å². The summed E-state index contributed by atoms with van der Waals surface area (Å²) in [7, 11) is 0. The van der Waals surface area contributed by atoms with Crippen LogP contribution < -0.4 is 0 Å². The van der Waals surface area contributed by atoms with Crippen molar-refractivity contribution in [1.29, 1.82) is 5.26 Å². The predicted octanol–water partition coefficient (Wildman–Crippen LogP) is 1.60. The van der Waals surface area contributed by atoms with E-state index in [4.69, 9.17) is 10.8 Å². The quantitative estimate of drug-likeness (QED) is 0.295. The summed E-state index contributed by atoms with van der Waals surface area (Å²) >= 11 is 0. The fourth-order valence-electron chi connectivity index (χ4n) is 0.861. The maximum Gasteiger partial charge on any atom is 0.0655 e. The molecule has 1 saturated carbocycles. The van der Waals surface area contributed by atoms with Crippen molar-refractivity contribution in [2.75, 3.05) is 0 Å². The average molecular weight is 122 g/mol. The van der Waals surface area contributed by atoms with Crippen LogP contribution in [0.3, 0.4) is 0 Å². The van der Waals surface area contributed by atoms with Crippen LogP contribution in [0.1, 0.15) is 12.8 Å². The lowest BCUT2D eigenvalue weighted by Crippen LogP contribution is -2.24. The molecule has 0 radical (unpaired) electrons. The summed E-state index contributed by atoms with van der Waals surface area (Å²) in [6.07, 6.45) is 1.50. The van der Waals surface area contributed by atoms with Gasteiger partial charge in [-0.05, 0) is 18.4 Å². The van der Waals surface area contributed by atoms with Crippen LogP contribution in [0.15, 0.2) is 5.11 Å². The monoisotopic (exact) mass is 122 g/mol. The third-order valence-electron chi connectivity index (χ3n) is 1.51. The molecule has 0 aliphatic heterocycles. The van der Waals surface area contributed by atoms with Gasteiger partial charge in [-0.25, -0.2) is 0 Å².